The largest absolute Gasteiger partial charge is 0.310 e. The molecule has 292 valence electrons. The van der Waals surface area contributed by atoms with E-state index in [-0.39, 0.29) is 0 Å². The summed E-state index contributed by atoms with van der Waals surface area (Å²) in [6.45, 7) is 0. The normalized spacial score (nSPS) is 11.2. The van der Waals surface area contributed by atoms with E-state index in [9.17, 15) is 0 Å². The first kappa shape index (κ1) is 36.8. The number of hydrogen-bond donors (Lipinski definition) is 0. The van der Waals surface area contributed by atoms with Crippen LogP contribution >= 0.6 is 0 Å². The van der Waals surface area contributed by atoms with Crippen LogP contribution in [0.4, 0.5) is 17.1 Å². The van der Waals surface area contributed by atoms with Gasteiger partial charge in [-0.2, -0.15) is 0 Å². The quantitative estimate of drug-likeness (QED) is 0.141. The Bertz CT molecular complexity index is 3320. The number of aromatic nitrogens is 1. The molecule has 0 bridgehead atoms. The third-order valence-electron chi connectivity index (χ3n) is 12.0. The van der Waals surface area contributed by atoms with Crippen molar-refractivity contribution in [3.05, 3.63) is 255 Å². The fourth-order valence-electron chi connectivity index (χ4n) is 9.15. The van der Waals surface area contributed by atoms with Crippen molar-refractivity contribution in [2.24, 2.45) is 0 Å². The highest BCUT2D eigenvalue weighted by Gasteiger charge is 2.21. The van der Waals surface area contributed by atoms with Gasteiger partial charge in [0.25, 0.3) is 0 Å². The van der Waals surface area contributed by atoms with E-state index in [4.69, 9.17) is 0 Å². The molecule has 10 aromatic carbocycles. The molecule has 0 atom stereocenters. The predicted octanol–water partition coefficient (Wildman–Crippen LogP) is 16.6. The molecular weight excluding hydrogens is 749 g/mol. The number of fused-ring (bicyclic) bond motifs is 3. The van der Waals surface area contributed by atoms with Crippen LogP contribution in [0.2, 0.25) is 0 Å². The summed E-state index contributed by atoms with van der Waals surface area (Å²) in [5.41, 5.74) is 18.6. The molecule has 0 amide bonds. The number of para-hydroxylation sites is 2. The first-order chi connectivity index (χ1) is 30.8. The van der Waals surface area contributed by atoms with E-state index in [2.05, 4.69) is 264 Å². The van der Waals surface area contributed by atoms with Crippen LogP contribution in [0.3, 0.4) is 0 Å². The predicted molar refractivity (Wildman–Crippen MR) is 263 cm³/mol. The Morgan fingerprint density at radius 1 is 0.242 bits per heavy atom. The molecule has 1 heterocycles. The Morgan fingerprint density at radius 2 is 0.661 bits per heavy atom. The first-order valence-electron chi connectivity index (χ1n) is 21.3. The minimum absolute atomic E-state index is 1.08. The van der Waals surface area contributed by atoms with Gasteiger partial charge in [-0.05, 0) is 110 Å². The van der Waals surface area contributed by atoms with E-state index in [1.54, 1.807) is 0 Å². The number of anilines is 3. The van der Waals surface area contributed by atoms with Gasteiger partial charge in [0.1, 0.15) is 0 Å². The van der Waals surface area contributed by atoms with Crippen LogP contribution in [0.5, 0.6) is 0 Å². The second-order valence-electron chi connectivity index (χ2n) is 15.7. The van der Waals surface area contributed by atoms with Gasteiger partial charge < -0.3 is 9.47 Å². The zero-order chi connectivity index (χ0) is 41.2. The summed E-state index contributed by atoms with van der Waals surface area (Å²) in [6.07, 6.45) is 0. The van der Waals surface area contributed by atoms with E-state index in [0.29, 0.717) is 0 Å². The van der Waals surface area contributed by atoms with Crippen LogP contribution in [-0.2, 0) is 0 Å². The highest BCUT2D eigenvalue weighted by atomic mass is 15.1. The highest BCUT2D eigenvalue weighted by molar-refractivity contribution is 6.10. The Hall–Kier alpha value is -8.20. The number of benzene rings is 10. The van der Waals surface area contributed by atoms with Crippen molar-refractivity contribution in [2.75, 3.05) is 4.90 Å². The third-order valence-corrected chi connectivity index (χ3v) is 12.0. The second kappa shape index (κ2) is 16.1. The number of hydrogen-bond acceptors (Lipinski definition) is 1. The standard InChI is InChI=1S/C60H42N2/c1-6-20-43(21-7-1)51-30-16-17-31-53(51)54-38-35-48(40-58(54)46-26-12-4-13-27-46)61(47-28-14-5-15-29-47)50-36-39-56-55-32-18-19-33-59(55)62(60(56)42-50)49-34-37-52(44-22-8-2-9-23-44)57(41-49)45-24-10-3-11-25-45/h1-42H. The maximum absolute atomic E-state index is 2.44. The number of rotatable bonds is 9. The number of nitrogens with zero attached hydrogens (tertiary/aromatic N) is 2. The summed E-state index contributed by atoms with van der Waals surface area (Å²) >= 11 is 0. The van der Waals surface area contributed by atoms with Crippen molar-refractivity contribution < 1.29 is 0 Å². The smallest absolute Gasteiger partial charge is 0.0561 e. The summed E-state index contributed by atoms with van der Waals surface area (Å²) in [7, 11) is 0. The van der Waals surface area contributed by atoms with Crippen LogP contribution in [-0.4, -0.2) is 4.57 Å². The lowest BCUT2D eigenvalue weighted by Gasteiger charge is -2.27. The van der Waals surface area contributed by atoms with Gasteiger partial charge in [0.2, 0.25) is 0 Å². The maximum Gasteiger partial charge on any atom is 0.0561 e. The molecule has 0 unspecified atom stereocenters. The van der Waals surface area contributed by atoms with E-state index < -0.39 is 0 Å². The molecule has 1 aromatic heterocycles. The van der Waals surface area contributed by atoms with Gasteiger partial charge >= 0.3 is 0 Å². The van der Waals surface area contributed by atoms with E-state index >= 15 is 0 Å². The Balaban J connectivity index is 1.12. The van der Waals surface area contributed by atoms with Crippen molar-refractivity contribution in [3.8, 4) is 61.3 Å². The fraction of sp³-hybridized carbons (Fsp3) is 0. The molecule has 0 aliphatic carbocycles. The van der Waals surface area contributed by atoms with Crippen molar-refractivity contribution >= 4 is 38.9 Å². The van der Waals surface area contributed by atoms with E-state index in [0.717, 1.165) is 28.3 Å². The van der Waals surface area contributed by atoms with Crippen LogP contribution in [0.1, 0.15) is 0 Å². The molecule has 2 nitrogen and oxygen atoms in total. The highest BCUT2D eigenvalue weighted by Crippen LogP contribution is 2.45. The zero-order valence-electron chi connectivity index (χ0n) is 34.1. The van der Waals surface area contributed by atoms with Gasteiger partial charge in [-0.3, -0.25) is 0 Å². The molecule has 62 heavy (non-hydrogen) atoms. The van der Waals surface area contributed by atoms with Crippen LogP contribution < -0.4 is 4.90 Å². The van der Waals surface area contributed by atoms with Crippen LogP contribution in [0.25, 0.3) is 83.1 Å². The van der Waals surface area contributed by atoms with Crippen molar-refractivity contribution in [1.29, 1.82) is 0 Å². The molecule has 11 aromatic rings. The maximum atomic E-state index is 2.44. The molecule has 0 radical (unpaired) electrons. The van der Waals surface area contributed by atoms with Gasteiger partial charge in [0.05, 0.1) is 11.0 Å². The average Bonchev–Trinajstić information content (AvgIpc) is 3.69. The Kier molecular flexibility index (Phi) is 9.57. The third kappa shape index (κ3) is 6.74. The molecule has 0 spiro atoms. The summed E-state index contributed by atoms with van der Waals surface area (Å²) in [5, 5.41) is 2.44. The average molecular weight is 791 g/mol. The van der Waals surface area contributed by atoms with Crippen LogP contribution in [0, 0.1) is 0 Å². The summed E-state index contributed by atoms with van der Waals surface area (Å²) in [6, 6.07) is 92.1. The Morgan fingerprint density at radius 3 is 1.29 bits per heavy atom. The van der Waals surface area contributed by atoms with Gasteiger partial charge in [-0.1, -0.05) is 200 Å². The van der Waals surface area contributed by atoms with Gasteiger partial charge in [0.15, 0.2) is 0 Å². The fourth-order valence-corrected chi connectivity index (χ4v) is 9.15. The molecule has 0 fully saturated rings. The molecular formula is C60H42N2. The molecule has 0 saturated carbocycles. The first-order valence-corrected chi connectivity index (χ1v) is 21.3. The molecule has 0 saturated heterocycles. The lowest BCUT2D eigenvalue weighted by atomic mass is 9.89. The van der Waals surface area contributed by atoms with Crippen molar-refractivity contribution in [1.82, 2.24) is 4.57 Å². The van der Waals surface area contributed by atoms with Crippen LogP contribution in [0.15, 0.2) is 255 Å². The lowest BCUT2D eigenvalue weighted by Crippen LogP contribution is -2.10. The minimum Gasteiger partial charge on any atom is -0.310 e. The molecule has 11 rings (SSSR count). The Labute approximate surface area is 362 Å². The summed E-state index contributed by atoms with van der Waals surface area (Å²) in [5.74, 6) is 0. The van der Waals surface area contributed by atoms with Gasteiger partial charge in [0, 0.05) is 33.5 Å². The molecule has 0 aliphatic rings. The lowest BCUT2D eigenvalue weighted by molar-refractivity contribution is 1.18. The summed E-state index contributed by atoms with van der Waals surface area (Å²) in [4.78, 5) is 2.40. The zero-order valence-corrected chi connectivity index (χ0v) is 34.1. The summed E-state index contributed by atoms with van der Waals surface area (Å²) < 4.78 is 2.44. The topological polar surface area (TPSA) is 8.17 Å². The van der Waals surface area contributed by atoms with Crippen molar-refractivity contribution in [3.63, 3.8) is 0 Å². The van der Waals surface area contributed by atoms with Gasteiger partial charge in [-0.25, -0.2) is 0 Å². The van der Waals surface area contributed by atoms with Gasteiger partial charge in [-0.15, -0.1) is 0 Å². The SMILES string of the molecule is c1ccc(-c2ccc(-n3c4ccccc4c4ccc(N(c5ccccc5)c5ccc(-c6ccccc6-c6ccccc6)c(-c6ccccc6)c5)cc43)cc2-c2ccccc2)cc1. The monoisotopic (exact) mass is 790 g/mol. The minimum atomic E-state index is 1.08. The molecule has 0 aliphatic heterocycles. The second-order valence-corrected chi connectivity index (χ2v) is 15.7. The molecule has 2 heteroatoms. The molecule has 0 N–H and O–H groups in total. The van der Waals surface area contributed by atoms with E-state index in [1.807, 2.05) is 0 Å². The van der Waals surface area contributed by atoms with E-state index in [1.165, 1.54) is 71.9 Å². The van der Waals surface area contributed by atoms with Crippen molar-refractivity contribution in [2.45, 2.75) is 0 Å².